The maximum Gasteiger partial charge on any atom is 0.193 e. The predicted molar refractivity (Wildman–Crippen MR) is 131 cm³/mol. The summed E-state index contributed by atoms with van der Waals surface area (Å²) in [6, 6.07) is 8.77. The first-order chi connectivity index (χ1) is 13.7. The molecule has 6 heteroatoms. The molecule has 1 N–H and O–H groups in total. The first kappa shape index (κ1) is 24.4. The Morgan fingerprint density at radius 1 is 1.28 bits per heavy atom. The molecule has 0 saturated carbocycles. The summed E-state index contributed by atoms with van der Waals surface area (Å²) in [7, 11) is 1.88. The number of aliphatic imine (C=N–C) groups is 1. The summed E-state index contributed by atoms with van der Waals surface area (Å²) in [6.45, 7) is 8.95. The fourth-order valence-corrected chi connectivity index (χ4v) is 4.09. The van der Waals surface area contributed by atoms with E-state index in [2.05, 4.69) is 53.3 Å². The molecule has 2 fully saturated rings. The number of hydrogen-bond donors (Lipinski definition) is 1. The third kappa shape index (κ3) is 7.72. The fraction of sp³-hybridized carbons (Fsp3) is 0.696. The highest BCUT2D eigenvalue weighted by atomic mass is 127. The quantitative estimate of drug-likeness (QED) is 0.348. The molecule has 2 atom stereocenters. The molecule has 2 aliphatic rings. The summed E-state index contributed by atoms with van der Waals surface area (Å²) in [6.07, 6.45) is 6.39. The van der Waals surface area contributed by atoms with Gasteiger partial charge in [-0.3, -0.25) is 4.99 Å². The molecule has 1 aromatic carbocycles. The van der Waals surface area contributed by atoms with Crippen molar-refractivity contribution in [1.82, 2.24) is 10.2 Å². The standard InChI is InChI=1S/C23H37N3O2.HI/c1-18-7-6-8-20(15-18)19(2)16-25-23(24-3)26-12-10-21(11-13-26)28-17-22-9-4-5-14-27-22;/h6-8,15,19,21-22H,4-5,9-14,16-17H2,1-3H3,(H,24,25);1H. The van der Waals surface area contributed by atoms with Crippen LogP contribution in [0, 0.1) is 6.92 Å². The Labute approximate surface area is 193 Å². The number of ether oxygens (including phenoxy) is 2. The molecule has 0 aliphatic carbocycles. The number of hydrogen-bond acceptors (Lipinski definition) is 3. The maximum atomic E-state index is 6.14. The predicted octanol–water partition coefficient (Wildman–Crippen LogP) is 4.34. The van der Waals surface area contributed by atoms with Gasteiger partial charge < -0.3 is 19.7 Å². The van der Waals surface area contributed by atoms with Crippen LogP contribution in [0.15, 0.2) is 29.3 Å². The zero-order valence-corrected chi connectivity index (χ0v) is 20.6. The van der Waals surface area contributed by atoms with Gasteiger partial charge in [0, 0.05) is 33.3 Å². The van der Waals surface area contributed by atoms with Crippen molar-refractivity contribution in [3.05, 3.63) is 35.4 Å². The highest BCUT2D eigenvalue weighted by Gasteiger charge is 2.24. The van der Waals surface area contributed by atoms with Gasteiger partial charge in [-0.05, 0) is 50.5 Å². The van der Waals surface area contributed by atoms with Gasteiger partial charge >= 0.3 is 0 Å². The third-order valence-electron chi connectivity index (χ3n) is 5.92. The van der Waals surface area contributed by atoms with Gasteiger partial charge in [-0.15, -0.1) is 24.0 Å². The number of nitrogens with one attached hydrogen (secondary N) is 1. The van der Waals surface area contributed by atoms with E-state index in [1.807, 2.05) is 7.05 Å². The lowest BCUT2D eigenvalue weighted by molar-refractivity contribution is -0.0721. The molecule has 0 spiro atoms. The second-order valence-electron chi connectivity index (χ2n) is 8.25. The lowest BCUT2D eigenvalue weighted by atomic mass is 9.99. The smallest absolute Gasteiger partial charge is 0.193 e. The second kappa shape index (κ2) is 12.7. The zero-order chi connectivity index (χ0) is 19.8. The number of benzene rings is 1. The molecule has 3 rings (SSSR count). The number of nitrogens with zero attached hydrogens (tertiary/aromatic N) is 2. The van der Waals surface area contributed by atoms with Crippen LogP contribution in [-0.2, 0) is 9.47 Å². The van der Waals surface area contributed by atoms with Crippen LogP contribution in [0.25, 0.3) is 0 Å². The number of aryl methyl sites for hydroxylation is 1. The molecule has 0 bridgehead atoms. The lowest BCUT2D eigenvalue weighted by Crippen LogP contribution is -2.48. The fourth-order valence-electron chi connectivity index (χ4n) is 4.09. The van der Waals surface area contributed by atoms with E-state index in [-0.39, 0.29) is 24.0 Å². The topological polar surface area (TPSA) is 46.1 Å². The van der Waals surface area contributed by atoms with Crippen LogP contribution in [0.1, 0.15) is 56.1 Å². The van der Waals surface area contributed by atoms with Crippen LogP contribution in [0.5, 0.6) is 0 Å². The van der Waals surface area contributed by atoms with Crippen molar-refractivity contribution in [3.8, 4) is 0 Å². The third-order valence-corrected chi connectivity index (χ3v) is 5.92. The molecule has 2 unspecified atom stereocenters. The van der Waals surface area contributed by atoms with Gasteiger partial charge in [0.25, 0.3) is 0 Å². The van der Waals surface area contributed by atoms with Crippen molar-refractivity contribution in [2.45, 2.75) is 64.1 Å². The number of rotatable bonds is 6. The monoisotopic (exact) mass is 515 g/mol. The Balaban J connectivity index is 0.00000300. The van der Waals surface area contributed by atoms with E-state index < -0.39 is 0 Å². The average Bonchev–Trinajstić information content (AvgIpc) is 2.74. The number of piperidine rings is 1. The van der Waals surface area contributed by atoms with Gasteiger partial charge in [-0.2, -0.15) is 0 Å². The maximum absolute atomic E-state index is 6.14. The van der Waals surface area contributed by atoms with E-state index in [1.165, 1.54) is 24.0 Å². The minimum atomic E-state index is 0. The van der Waals surface area contributed by atoms with Crippen LogP contribution in [0.2, 0.25) is 0 Å². The molecule has 5 nitrogen and oxygen atoms in total. The molecule has 0 amide bonds. The van der Waals surface area contributed by atoms with Gasteiger partial charge in [0.05, 0.1) is 18.8 Å². The summed E-state index contributed by atoms with van der Waals surface area (Å²) in [5, 5.41) is 3.57. The summed E-state index contributed by atoms with van der Waals surface area (Å²) in [5.41, 5.74) is 2.69. The van der Waals surface area contributed by atoms with Gasteiger partial charge in [0.1, 0.15) is 0 Å². The summed E-state index contributed by atoms with van der Waals surface area (Å²) in [5.74, 6) is 1.46. The first-order valence-corrected chi connectivity index (χ1v) is 10.9. The SMILES string of the molecule is CN=C(NCC(C)c1cccc(C)c1)N1CCC(OCC2CCCCO2)CC1.I. The minimum Gasteiger partial charge on any atom is -0.376 e. The first-order valence-electron chi connectivity index (χ1n) is 10.9. The highest BCUT2D eigenvalue weighted by Crippen LogP contribution is 2.19. The van der Waals surface area contributed by atoms with Crippen LogP contribution >= 0.6 is 24.0 Å². The number of likely N-dealkylation sites (tertiary alicyclic amines) is 1. The van der Waals surface area contributed by atoms with Crippen molar-refractivity contribution >= 4 is 29.9 Å². The van der Waals surface area contributed by atoms with Crippen molar-refractivity contribution in [2.75, 3.05) is 39.9 Å². The molecular formula is C23H38IN3O2. The van der Waals surface area contributed by atoms with Crippen LogP contribution in [0.4, 0.5) is 0 Å². The van der Waals surface area contributed by atoms with Crippen LogP contribution in [0.3, 0.4) is 0 Å². The van der Waals surface area contributed by atoms with Gasteiger partial charge in [0.2, 0.25) is 0 Å². The summed E-state index contributed by atoms with van der Waals surface area (Å²) < 4.78 is 11.9. The highest BCUT2D eigenvalue weighted by molar-refractivity contribution is 14.0. The Hall–Kier alpha value is -0.860. The van der Waals surface area contributed by atoms with Crippen molar-refractivity contribution in [3.63, 3.8) is 0 Å². The Bertz CT molecular complexity index is 626. The van der Waals surface area contributed by atoms with E-state index in [1.54, 1.807) is 0 Å². The molecule has 1 aromatic rings. The molecule has 2 aliphatic heterocycles. The largest absolute Gasteiger partial charge is 0.376 e. The average molecular weight is 515 g/mol. The Morgan fingerprint density at radius 3 is 2.72 bits per heavy atom. The zero-order valence-electron chi connectivity index (χ0n) is 18.2. The molecule has 2 heterocycles. The van der Waals surface area contributed by atoms with Gasteiger partial charge in [-0.1, -0.05) is 36.8 Å². The molecule has 0 aromatic heterocycles. The van der Waals surface area contributed by atoms with E-state index in [0.29, 0.717) is 18.1 Å². The molecule has 2 saturated heterocycles. The lowest BCUT2D eigenvalue weighted by Gasteiger charge is -2.35. The van der Waals surface area contributed by atoms with Crippen molar-refractivity contribution < 1.29 is 9.47 Å². The normalized spacial score (nSPS) is 22.1. The molecule has 164 valence electrons. The van der Waals surface area contributed by atoms with E-state index in [9.17, 15) is 0 Å². The molecule has 0 radical (unpaired) electrons. The minimum absolute atomic E-state index is 0. The van der Waals surface area contributed by atoms with E-state index in [4.69, 9.17) is 9.47 Å². The molecule has 29 heavy (non-hydrogen) atoms. The van der Waals surface area contributed by atoms with E-state index in [0.717, 1.165) is 58.1 Å². The Morgan fingerprint density at radius 2 is 2.07 bits per heavy atom. The summed E-state index contributed by atoms with van der Waals surface area (Å²) in [4.78, 5) is 6.87. The van der Waals surface area contributed by atoms with E-state index >= 15 is 0 Å². The van der Waals surface area contributed by atoms with Gasteiger partial charge in [-0.25, -0.2) is 0 Å². The van der Waals surface area contributed by atoms with Crippen LogP contribution in [-0.4, -0.2) is 63.0 Å². The van der Waals surface area contributed by atoms with Crippen LogP contribution < -0.4 is 5.32 Å². The van der Waals surface area contributed by atoms with Gasteiger partial charge in [0.15, 0.2) is 5.96 Å². The number of halogens is 1. The van der Waals surface area contributed by atoms with Crippen molar-refractivity contribution in [1.29, 1.82) is 0 Å². The Kier molecular flexibility index (Phi) is 10.7. The molecular weight excluding hydrogens is 477 g/mol. The van der Waals surface area contributed by atoms with Crippen molar-refractivity contribution in [2.24, 2.45) is 4.99 Å². The number of guanidine groups is 1. The summed E-state index contributed by atoms with van der Waals surface area (Å²) >= 11 is 0. The second-order valence-corrected chi connectivity index (χ2v) is 8.25.